The molecule has 7 nitrogen and oxygen atoms in total. The summed E-state index contributed by atoms with van der Waals surface area (Å²) in [5, 5.41) is 4.81. The van der Waals surface area contributed by atoms with E-state index in [1.165, 1.54) is 0 Å². The molecule has 0 radical (unpaired) electrons. The number of morpholine rings is 1. The topological polar surface area (TPSA) is 79.9 Å². The van der Waals surface area contributed by atoms with E-state index in [0.29, 0.717) is 39.4 Å². The van der Waals surface area contributed by atoms with Crippen LogP contribution in [0.5, 0.6) is 5.75 Å². The second kappa shape index (κ2) is 8.44. The molecule has 0 unspecified atom stereocenters. The number of rotatable bonds is 8. The first-order chi connectivity index (χ1) is 10.6. The molecule has 0 bridgehead atoms. The Morgan fingerprint density at radius 1 is 1.23 bits per heavy atom. The number of nitrogens with zero attached hydrogens (tertiary/aromatic N) is 1. The average molecular weight is 329 g/mol. The van der Waals surface area contributed by atoms with Crippen LogP contribution in [-0.4, -0.2) is 59.1 Å². The molecule has 0 atom stereocenters. The van der Waals surface area contributed by atoms with Crippen molar-refractivity contribution in [3.8, 4) is 5.75 Å². The standard InChI is InChI=1S/C14H23N3O4S/c1-20-14-4-2-13(3-5-14)12-15-6-11-22(18,19)16-17-7-9-21-10-8-17/h2-5,15-16H,6-12H2,1H3. The average Bonchev–Trinajstić information content (AvgIpc) is 2.53. The van der Waals surface area contributed by atoms with Crippen LogP contribution in [0, 0.1) is 0 Å². The Morgan fingerprint density at radius 2 is 1.91 bits per heavy atom. The highest BCUT2D eigenvalue weighted by Gasteiger charge is 2.17. The van der Waals surface area contributed by atoms with Crippen LogP contribution in [0.25, 0.3) is 0 Å². The van der Waals surface area contributed by atoms with E-state index in [1.807, 2.05) is 24.3 Å². The molecule has 0 saturated carbocycles. The van der Waals surface area contributed by atoms with Crippen molar-refractivity contribution in [2.24, 2.45) is 0 Å². The summed E-state index contributed by atoms with van der Waals surface area (Å²) in [5.74, 6) is 0.849. The zero-order chi connectivity index (χ0) is 15.8. The van der Waals surface area contributed by atoms with Crippen LogP contribution in [0.15, 0.2) is 24.3 Å². The molecule has 1 fully saturated rings. The van der Waals surface area contributed by atoms with E-state index in [0.717, 1.165) is 11.3 Å². The molecule has 1 aromatic carbocycles. The van der Waals surface area contributed by atoms with Crippen LogP contribution in [0.1, 0.15) is 5.56 Å². The molecule has 1 aromatic rings. The van der Waals surface area contributed by atoms with Gasteiger partial charge in [-0.3, -0.25) is 0 Å². The van der Waals surface area contributed by atoms with Gasteiger partial charge < -0.3 is 14.8 Å². The van der Waals surface area contributed by atoms with E-state index in [-0.39, 0.29) is 5.75 Å². The lowest BCUT2D eigenvalue weighted by Gasteiger charge is -2.26. The summed E-state index contributed by atoms with van der Waals surface area (Å²) in [5.41, 5.74) is 1.08. The summed E-state index contributed by atoms with van der Waals surface area (Å²) in [6.07, 6.45) is 0. The first-order valence-corrected chi connectivity index (χ1v) is 8.91. The Balaban J connectivity index is 1.68. The largest absolute Gasteiger partial charge is 0.497 e. The number of sulfonamides is 1. The minimum absolute atomic E-state index is 0.0422. The number of ether oxygens (including phenoxy) is 2. The molecule has 0 aromatic heterocycles. The second-order valence-corrected chi connectivity index (χ2v) is 6.85. The van der Waals surface area contributed by atoms with Crippen LogP contribution in [0.2, 0.25) is 0 Å². The van der Waals surface area contributed by atoms with Gasteiger partial charge in [0.15, 0.2) is 0 Å². The Hall–Kier alpha value is -1.19. The van der Waals surface area contributed by atoms with Crippen molar-refractivity contribution in [1.82, 2.24) is 15.2 Å². The van der Waals surface area contributed by atoms with E-state index in [2.05, 4.69) is 10.1 Å². The van der Waals surface area contributed by atoms with Gasteiger partial charge in [0.25, 0.3) is 0 Å². The van der Waals surface area contributed by atoms with Crippen molar-refractivity contribution in [3.05, 3.63) is 29.8 Å². The van der Waals surface area contributed by atoms with Crippen molar-refractivity contribution in [2.45, 2.75) is 6.54 Å². The summed E-state index contributed by atoms with van der Waals surface area (Å²) in [6.45, 7) is 3.29. The first kappa shape index (κ1) is 17.2. The predicted molar refractivity (Wildman–Crippen MR) is 84.0 cm³/mol. The molecule has 124 valence electrons. The molecular weight excluding hydrogens is 306 g/mol. The maximum Gasteiger partial charge on any atom is 0.225 e. The fourth-order valence-electron chi connectivity index (χ4n) is 2.08. The number of methoxy groups -OCH3 is 1. The maximum atomic E-state index is 11.9. The fraction of sp³-hybridized carbons (Fsp3) is 0.571. The van der Waals surface area contributed by atoms with Gasteiger partial charge in [0.1, 0.15) is 5.75 Å². The van der Waals surface area contributed by atoms with Gasteiger partial charge >= 0.3 is 0 Å². The highest BCUT2D eigenvalue weighted by molar-refractivity contribution is 7.89. The predicted octanol–water partition coefficient (Wildman–Crippen LogP) is -0.0486. The summed E-state index contributed by atoms with van der Waals surface area (Å²) in [7, 11) is -1.68. The Morgan fingerprint density at radius 3 is 2.55 bits per heavy atom. The van der Waals surface area contributed by atoms with Crippen LogP contribution >= 0.6 is 0 Å². The van der Waals surface area contributed by atoms with Gasteiger partial charge in [-0.1, -0.05) is 12.1 Å². The third-order valence-corrected chi connectivity index (χ3v) is 4.59. The summed E-state index contributed by atoms with van der Waals surface area (Å²) >= 11 is 0. The third kappa shape index (κ3) is 5.90. The van der Waals surface area contributed by atoms with Crippen molar-refractivity contribution in [2.75, 3.05) is 45.7 Å². The zero-order valence-corrected chi connectivity index (χ0v) is 13.6. The minimum atomic E-state index is -3.31. The van der Waals surface area contributed by atoms with Crippen molar-refractivity contribution >= 4 is 10.0 Å². The second-order valence-electron chi connectivity index (χ2n) is 5.03. The van der Waals surface area contributed by atoms with Crippen LogP contribution < -0.4 is 14.9 Å². The van der Waals surface area contributed by atoms with Crippen molar-refractivity contribution in [3.63, 3.8) is 0 Å². The van der Waals surface area contributed by atoms with Crippen molar-refractivity contribution < 1.29 is 17.9 Å². The van der Waals surface area contributed by atoms with E-state index in [1.54, 1.807) is 12.1 Å². The molecule has 1 saturated heterocycles. The number of nitrogens with one attached hydrogen (secondary N) is 2. The maximum absolute atomic E-state index is 11.9. The van der Waals surface area contributed by atoms with Crippen LogP contribution in [-0.2, 0) is 21.3 Å². The quantitative estimate of drug-likeness (QED) is 0.651. The molecule has 22 heavy (non-hydrogen) atoms. The lowest BCUT2D eigenvalue weighted by Crippen LogP contribution is -2.49. The molecule has 0 spiro atoms. The zero-order valence-electron chi connectivity index (χ0n) is 12.7. The van der Waals surface area contributed by atoms with Gasteiger partial charge in [0.05, 0.1) is 26.1 Å². The normalized spacial score (nSPS) is 16.6. The molecular formula is C14H23N3O4S. The number of hydrogen-bond donors (Lipinski definition) is 2. The van der Waals surface area contributed by atoms with E-state index < -0.39 is 10.0 Å². The molecule has 2 N–H and O–H groups in total. The number of benzene rings is 1. The third-order valence-electron chi connectivity index (χ3n) is 3.32. The molecule has 0 aliphatic carbocycles. The Labute approximate surface area is 131 Å². The SMILES string of the molecule is COc1ccc(CNCCS(=O)(=O)NN2CCOCC2)cc1. The van der Waals surface area contributed by atoms with Crippen LogP contribution in [0.3, 0.4) is 0 Å². The lowest BCUT2D eigenvalue weighted by atomic mass is 10.2. The summed E-state index contributed by atoms with van der Waals surface area (Å²) in [4.78, 5) is 2.58. The first-order valence-electron chi connectivity index (χ1n) is 7.25. The highest BCUT2D eigenvalue weighted by Crippen LogP contribution is 2.10. The number of hydrogen-bond acceptors (Lipinski definition) is 6. The van der Waals surface area contributed by atoms with Crippen molar-refractivity contribution in [1.29, 1.82) is 0 Å². The van der Waals surface area contributed by atoms with Crippen LogP contribution in [0.4, 0.5) is 0 Å². The molecule has 0 amide bonds. The van der Waals surface area contributed by atoms with E-state index >= 15 is 0 Å². The molecule has 1 aliphatic heterocycles. The number of hydrazine groups is 1. The van der Waals surface area contributed by atoms with Gasteiger partial charge in [-0.25, -0.2) is 13.4 Å². The van der Waals surface area contributed by atoms with Gasteiger partial charge in [0, 0.05) is 26.2 Å². The Bertz CT molecular complexity index is 542. The summed E-state index contributed by atoms with van der Waals surface area (Å²) in [6, 6.07) is 7.67. The monoisotopic (exact) mass is 329 g/mol. The van der Waals surface area contributed by atoms with E-state index in [9.17, 15) is 8.42 Å². The minimum Gasteiger partial charge on any atom is -0.497 e. The van der Waals surface area contributed by atoms with Gasteiger partial charge in [0.2, 0.25) is 10.0 Å². The smallest absolute Gasteiger partial charge is 0.225 e. The molecule has 1 heterocycles. The fourth-order valence-corrected chi connectivity index (χ4v) is 3.16. The summed E-state index contributed by atoms with van der Waals surface area (Å²) < 4.78 is 34.2. The molecule has 2 rings (SSSR count). The van der Waals surface area contributed by atoms with Gasteiger partial charge in [-0.05, 0) is 17.7 Å². The molecule has 8 heteroatoms. The van der Waals surface area contributed by atoms with E-state index in [4.69, 9.17) is 9.47 Å². The van der Waals surface area contributed by atoms with Gasteiger partial charge in [-0.15, -0.1) is 4.83 Å². The molecule has 1 aliphatic rings. The lowest BCUT2D eigenvalue weighted by molar-refractivity contribution is 0.0272. The Kier molecular flexibility index (Phi) is 6.59. The highest BCUT2D eigenvalue weighted by atomic mass is 32.2. The van der Waals surface area contributed by atoms with Gasteiger partial charge in [-0.2, -0.15) is 0 Å².